The van der Waals surface area contributed by atoms with Gasteiger partial charge < -0.3 is 9.30 Å². The van der Waals surface area contributed by atoms with Crippen LogP contribution >= 0.6 is 0 Å². The zero-order valence-electron chi connectivity index (χ0n) is 14.4. The number of benzene rings is 1. The minimum atomic E-state index is -0.978. The van der Waals surface area contributed by atoms with Crippen LogP contribution in [0.3, 0.4) is 0 Å². The van der Waals surface area contributed by atoms with Gasteiger partial charge in [-0.2, -0.15) is 0 Å². The van der Waals surface area contributed by atoms with E-state index in [9.17, 15) is 19.3 Å². The highest BCUT2D eigenvalue weighted by molar-refractivity contribution is 6.00. The summed E-state index contributed by atoms with van der Waals surface area (Å²) in [5.74, 6) is -1.10. The van der Waals surface area contributed by atoms with E-state index in [2.05, 4.69) is 4.98 Å². The molecule has 0 unspecified atom stereocenters. The van der Waals surface area contributed by atoms with Crippen LogP contribution in [0.2, 0.25) is 0 Å². The van der Waals surface area contributed by atoms with Crippen LogP contribution < -0.4 is 0 Å². The number of aromatic nitrogens is 2. The van der Waals surface area contributed by atoms with E-state index in [0.29, 0.717) is 29.6 Å². The summed E-state index contributed by atoms with van der Waals surface area (Å²) in [6, 6.07) is 8.37. The first-order valence-electron chi connectivity index (χ1n) is 8.63. The van der Waals surface area contributed by atoms with E-state index in [1.54, 1.807) is 47.4 Å². The molecular formula is C19H17FN4O3. The van der Waals surface area contributed by atoms with Crippen molar-refractivity contribution in [3.63, 3.8) is 0 Å². The molecule has 1 aliphatic rings. The lowest BCUT2D eigenvalue weighted by Gasteiger charge is -2.34. The third-order valence-electron chi connectivity index (χ3n) is 5.10. The molecule has 27 heavy (non-hydrogen) atoms. The number of halogens is 1. The summed E-state index contributed by atoms with van der Waals surface area (Å²) < 4.78 is 15.3. The summed E-state index contributed by atoms with van der Waals surface area (Å²) in [7, 11) is 0. The van der Waals surface area contributed by atoms with Gasteiger partial charge in [0.15, 0.2) is 0 Å². The SMILES string of the molecule is O=C(c1cccn2cncc12)N1CC[C@@H](c2cccc(F)c2)[C@H]([N+](=O)[O-])C1. The van der Waals surface area contributed by atoms with Crippen molar-refractivity contribution in [2.45, 2.75) is 18.4 Å². The van der Waals surface area contributed by atoms with Crippen LogP contribution in [0.15, 0.2) is 55.1 Å². The molecule has 138 valence electrons. The number of hydrogen-bond donors (Lipinski definition) is 0. The molecule has 1 amide bonds. The number of carbonyl (C=O) groups is 1. The van der Waals surface area contributed by atoms with Gasteiger partial charge in [0.2, 0.25) is 6.04 Å². The number of rotatable bonds is 3. The number of piperidine rings is 1. The Bertz CT molecular complexity index is 1020. The number of likely N-dealkylation sites (tertiary alicyclic amines) is 1. The topological polar surface area (TPSA) is 80.8 Å². The molecule has 8 heteroatoms. The van der Waals surface area contributed by atoms with Crippen molar-refractivity contribution in [2.24, 2.45) is 0 Å². The summed E-state index contributed by atoms with van der Waals surface area (Å²) in [6.07, 6.45) is 5.39. The molecule has 1 aromatic carbocycles. The summed E-state index contributed by atoms with van der Waals surface area (Å²) in [4.78, 5) is 29.8. The zero-order chi connectivity index (χ0) is 19.0. The lowest BCUT2D eigenvalue weighted by molar-refractivity contribution is -0.529. The molecule has 1 fully saturated rings. The molecular weight excluding hydrogens is 351 g/mol. The van der Waals surface area contributed by atoms with Crippen molar-refractivity contribution in [1.29, 1.82) is 0 Å². The fraction of sp³-hybridized carbons (Fsp3) is 0.263. The molecule has 0 bridgehead atoms. The smallest absolute Gasteiger partial charge is 0.256 e. The van der Waals surface area contributed by atoms with Gasteiger partial charge in [-0.25, -0.2) is 9.37 Å². The third kappa shape index (κ3) is 3.14. The Morgan fingerprint density at radius 1 is 1.30 bits per heavy atom. The quantitative estimate of drug-likeness (QED) is 0.526. The molecule has 2 aromatic heterocycles. The van der Waals surface area contributed by atoms with Gasteiger partial charge in [0.1, 0.15) is 5.82 Å². The van der Waals surface area contributed by atoms with Gasteiger partial charge in [-0.05, 0) is 36.2 Å². The fourth-order valence-corrected chi connectivity index (χ4v) is 3.76. The number of pyridine rings is 1. The Kier molecular flexibility index (Phi) is 4.31. The van der Waals surface area contributed by atoms with E-state index in [-0.39, 0.29) is 17.4 Å². The maximum atomic E-state index is 13.6. The molecule has 2 atom stereocenters. The lowest BCUT2D eigenvalue weighted by atomic mass is 9.85. The maximum Gasteiger partial charge on any atom is 0.256 e. The van der Waals surface area contributed by atoms with Gasteiger partial charge in [0.25, 0.3) is 5.91 Å². The first-order valence-corrected chi connectivity index (χ1v) is 8.63. The molecule has 0 spiro atoms. The molecule has 3 aromatic rings. The normalized spacial score (nSPS) is 20.0. The molecule has 7 nitrogen and oxygen atoms in total. The van der Waals surface area contributed by atoms with E-state index in [1.807, 2.05) is 0 Å². The Morgan fingerprint density at radius 2 is 2.15 bits per heavy atom. The largest absolute Gasteiger partial charge is 0.332 e. The number of fused-ring (bicyclic) bond motifs is 1. The van der Waals surface area contributed by atoms with Crippen molar-refractivity contribution in [3.8, 4) is 0 Å². The van der Waals surface area contributed by atoms with Crippen LogP contribution in [-0.4, -0.2) is 44.2 Å². The Labute approximate surface area is 154 Å². The number of amides is 1. The standard InChI is InChI=1S/C19H17FN4O3/c20-14-4-1-3-13(9-14)15-6-8-22(11-18(15)24(26)27)19(25)16-5-2-7-23-12-21-10-17(16)23/h1-5,7,9-10,12,15,18H,6,8,11H2/t15-,18+/m0/s1. The van der Waals surface area contributed by atoms with Crippen molar-refractivity contribution >= 4 is 11.4 Å². The van der Waals surface area contributed by atoms with E-state index >= 15 is 0 Å². The fourth-order valence-electron chi connectivity index (χ4n) is 3.76. The van der Waals surface area contributed by atoms with E-state index in [0.717, 1.165) is 0 Å². The van der Waals surface area contributed by atoms with E-state index < -0.39 is 17.8 Å². The number of carbonyl (C=O) groups excluding carboxylic acids is 1. The predicted octanol–water partition coefficient (Wildman–Crippen LogP) is 2.75. The molecule has 0 N–H and O–H groups in total. The van der Waals surface area contributed by atoms with Crippen LogP contribution in [-0.2, 0) is 0 Å². The Morgan fingerprint density at radius 3 is 2.93 bits per heavy atom. The minimum Gasteiger partial charge on any atom is -0.332 e. The third-order valence-corrected chi connectivity index (χ3v) is 5.10. The first kappa shape index (κ1) is 17.1. The monoisotopic (exact) mass is 368 g/mol. The summed E-state index contributed by atoms with van der Waals surface area (Å²) >= 11 is 0. The van der Waals surface area contributed by atoms with Crippen LogP contribution in [0.25, 0.3) is 5.52 Å². The van der Waals surface area contributed by atoms with Crippen molar-refractivity contribution in [2.75, 3.05) is 13.1 Å². The molecule has 4 rings (SSSR count). The second-order valence-electron chi connectivity index (χ2n) is 6.66. The van der Waals surface area contributed by atoms with E-state index in [1.165, 1.54) is 17.0 Å². The van der Waals surface area contributed by atoms with Crippen LogP contribution in [0.1, 0.15) is 28.3 Å². The molecule has 0 radical (unpaired) electrons. The van der Waals surface area contributed by atoms with Gasteiger partial charge in [0.05, 0.1) is 36.1 Å². The number of imidazole rings is 1. The highest BCUT2D eigenvalue weighted by Crippen LogP contribution is 2.31. The average molecular weight is 368 g/mol. The Hall–Kier alpha value is -3.29. The summed E-state index contributed by atoms with van der Waals surface area (Å²) in [5, 5.41) is 11.7. The van der Waals surface area contributed by atoms with Gasteiger partial charge in [-0.1, -0.05) is 12.1 Å². The number of hydrogen-bond acceptors (Lipinski definition) is 4. The average Bonchev–Trinajstić information content (AvgIpc) is 3.15. The van der Waals surface area contributed by atoms with Crippen LogP contribution in [0, 0.1) is 15.9 Å². The molecule has 3 heterocycles. The summed E-state index contributed by atoms with van der Waals surface area (Å²) in [5.41, 5.74) is 1.72. The molecule has 1 aliphatic heterocycles. The van der Waals surface area contributed by atoms with Gasteiger partial charge >= 0.3 is 0 Å². The highest BCUT2D eigenvalue weighted by Gasteiger charge is 2.40. The second-order valence-corrected chi connectivity index (χ2v) is 6.66. The first-order chi connectivity index (χ1) is 13.0. The van der Waals surface area contributed by atoms with Gasteiger partial charge in [-0.3, -0.25) is 14.9 Å². The van der Waals surface area contributed by atoms with Crippen LogP contribution in [0.5, 0.6) is 0 Å². The van der Waals surface area contributed by atoms with Crippen LogP contribution in [0.4, 0.5) is 4.39 Å². The lowest BCUT2D eigenvalue weighted by Crippen LogP contribution is -2.49. The molecule has 0 aliphatic carbocycles. The highest BCUT2D eigenvalue weighted by atomic mass is 19.1. The maximum absolute atomic E-state index is 13.6. The Balaban J connectivity index is 1.61. The van der Waals surface area contributed by atoms with Crippen molar-refractivity contribution in [1.82, 2.24) is 14.3 Å². The zero-order valence-corrected chi connectivity index (χ0v) is 14.4. The number of nitrogens with zero attached hydrogens (tertiary/aromatic N) is 4. The van der Waals surface area contributed by atoms with Crippen molar-refractivity contribution < 1.29 is 14.1 Å². The molecule has 1 saturated heterocycles. The van der Waals surface area contributed by atoms with Gasteiger partial charge in [0, 0.05) is 17.7 Å². The minimum absolute atomic E-state index is 0.0117. The number of nitro groups is 1. The molecule has 0 saturated carbocycles. The second kappa shape index (κ2) is 6.79. The van der Waals surface area contributed by atoms with Gasteiger partial charge in [-0.15, -0.1) is 0 Å². The summed E-state index contributed by atoms with van der Waals surface area (Å²) in [6.45, 7) is 0.363. The van der Waals surface area contributed by atoms with Crippen molar-refractivity contribution in [3.05, 3.63) is 82.2 Å². The predicted molar refractivity (Wildman–Crippen MR) is 95.6 cm³/mol. The van der Waals surface area contributed by atoms with E-state index in [4.69, 9.17) is 0 Å².